The van der Waals surface area contributed by atoms with Crippen molar-refractivity contribution in [1.82, 2.24) is 20.1 Å². The van der Waals surface area contributed by atoms with Gasteiger partial charge < -0.3 is 19.9 Å². The summed E-state index contributed by atoms with van der Waals surface area (Å²) >= 11 is 4.37. The van der Waals surface area contributed by atoms with Gasteiger partial charge in [-0.1, -0.05) is 39.8 Å². The number of nitrogens with one attached hydrogen (secondary N) is 2. The zero-order chi connectivity index (χ0) is 23.8. The second-order valence-electron chi connectivity index (χ2n) is 6.91. The highest BCUT2D eigenvalue weighted by Crippen LogP contribution is 2.21. The molecule has 0 spiro atoms. The van der Waals surface area contributed by atoms with Gasteiger partial charge >= 0.3 is 0 Å². The molecular formula is C22H23BrFN5O3S. The summed E-state index contributed by atoms with van der Waals surface area (Å²) in [6.45, 7) is 2.71. The van der Waals surface area contributed by atoms with E-state index in [9.17, 15) is 14.0 Å². The van der Waals surface area contributed by atoms with Gasteiger partial charge in [0.2, 0.25) is 11.8 Å². The Hall–Kier alpha value is -2.92. The standard InChI is InChI=1S/C22H23BrFN5O3S/c1-3-29-19(12-25-20(30)10-14-4-7-16(32-2)8-5-14)27-28-22(29)33-13-21(31)26-18-9-6-15(23)11-17(18)24/h4-9,11H,3,10,12-13H2,1-2H3,(H,25,30)(H,26,31). The lowest BCUT2D eigenvalue weighted by Gasteiger charge is -2.09. The lowest BCUT2D eigenvalue weighted by atomic mass is 10.1. The average molecular weight is 536 g/mol. The van der Waals surface area contributed by atoms with Gasteiger partial charge in [-0.3, -0.25) is 9.59 Å². The van der Waals surface area contributed by atoms with Crippen molar-refractivity contribution in [2.24, 2.45) is 0 Å². The molecule has 3 rings (SSSR count). The topological polar surface area (TPSA) is 98.1 Å². The smallest absolute Gasteiger partial charge is 0.234 e. The summed E-state index contributed by atoms with van der Waals surface area (Å²) in [4.78, 5) is 24.5. The van der Waals surface area contributed by atoms with Crippen LogP contribution in [0.15, 0.2) is 52.1 Å². The number of thioether (sulfide) groups is 1. The normalized spacial score (nSPS) is 10.7. The molecule has 11 heteroatoms. The van der Waals surface area contributed by atoms with Crippen molar-refractivity contribution in [3.63, 3.8) is 0 Å². The maximum Gasteiger partial charge on any atom is 0.234 e. The second kappa shape index (κ2) is 11.8. The molecular weight excluding hydrogens is 513 g/mol. The van der Waals surface area contributed by atoms with Crippen LogP contribution >= 0.6 is 27.7 Å². The summed E-state index contributed by atoms with van der Waals surface area (Å²) in [6.07, 6.45) is 0.235. The molecule has 0 saturated heterocycles. The van der Waals surface area contributed by atoms with E-state index in [1.807, 2.05) is 23.6 Å². The zero-order valence-corrected chi connectivity index (χ0v) is 20.5. The van der Waals surface area contributed by atoms with E-state index >= 15 is 0 Å². The van der Waals surface area contributed by atoms with Crippen molar-refractivity contribution in [3.8, 4) is 5.75 Å². The summed E-state index contributed by atoms with van der Waals surface area (Å²) in [7, 11) is 1.59. The lowest BCUT2D eigenvalue weighted by Crippen LogP contribution is -2.26. The molecule has 1 heterocycles. The minimum absolute atomic E-state index is 0.0392. The van der Waals surface area contributed by atoms with Gasteiger partial charge in [0.05, 0.1) is 31.5 Å². The summed E-state index contributed by atoms with van der Waals surface area (Å²) in [5.41, 5.74) is 0.982. The van der Waals surface area contributed by atoms with Gasteiger partial charge in [-0.05, 0) is 42.8 Å². The van der Waals surface area contributed by atoms with Crippen LogP contribution in [0.25, 0.3) is 0 Å². The van der Waals surface area contributed by atoms with Crippen LogP contribution in [-0.2, 0) is 29.1 Å². The Morgan fingerprint density at radius 1 is 1.15 bits per heavy atom. The first-order valence-corrected chi connectivity index (χ1v) is 11.9. The van der Waals surface area contributed by atoms with Crippen molar-refractivity contribution < 1.29 is 18.7 Å². The molecule has 2 aromatic carbocycles. The largest absolute Gasteiger partial charge is 0.497 e. The van der Waals surface area contributed by atoms with Crippen molar-refractivity contribution in [3.05, 3.63) is 64.1 Å². The maximum atomic E-state index is 13.9. The first kappa shape index (κ1) is 24.7. The van der Waals surface area contributed by atoms with Crippen LogP contribution in [0.4, 0.5) is 10.1 Å². The fourth-order valence-electron chi connectivity index (χ4n) is 2.95. The molecule has 0 aliphatic rings. The number of methoxy groups -OCH3 is 1. The van der Waals surface area contributed by atoms with Gasteiger partial charge in [0, 0.05) is 11.0 Å². The first-order valence-electron chi connectivity index (χ1n) is 10.1. The van der Waals surface area contributed by atoms with Crippen LogP contribution in [0, 0.1) is 5.82 Å². The molecule has 8 nitrogen and oxygen atoms in total. The number of ether oxygens (including phenoxy) is 1. The third kappa shape index (κ3) is 7.03. The monoisotopic (exact) mass is 535 g/mol. The fourth-order valence-corrected chi connectivity index (χ4v) is 4.10. The summed E-state index contributed by atoms with van der Waals surface area (Å²) in [5, 5.41) is 14.2. The molecule has 0 saturated carbocycles. The maximum absolute atomic E-state index is 13.9. The number of rotatable bonds is 10. The lowest BCUT2D eigenvalue weighted by molar-refractivity contribution is -0.120. The highest BCUT2D eigenvalue weighted by atomic mass is 79.9. The molecule has 2 amide bonds. The van der Waals surface area contributed by atoms with Gasteiger partial charge in [0.15, 0.2) is 11.0 Å². The Morgan fingerprint density at radius 2 is 1.91 bits per heavy atom. The van der Waals surface area contributed by atoms with Gasteiger partial charge in [-0.2, -0.15) is 0 Å². The van der Waals surface area contributed by atoms with Crippen LogP contribution in [-0.4, -0.2) is 39.4 Å². The van der Waals surface area contributed by atoms with E-state index < -0.39 is 5.82 Å². The Labute approximate surface area is 203 Å². The summed E-state index contributed by atoms with van der Waals surface area (Å²) < 4.78 is 21.4. The highest BCUT2D eigenvalue weighted by molar-refractivity contribution is 9.10. The van der Waals surface area contributed by atoms with Crippen LogP contribution < -0.4 is 15.4 Å². The zero-order valence-electron chi connectivity index (χ0n) is 18.1. The molecule has 174 valence electrons. The quantitative estimate of drug-likeness (QED) is 0.383. The van der Waals surface area contributed by atoms with Gasteiger partial charge in [-0.25, -0.2) is 4.39 Å². The number of hydrogen-bond acceptors (Lipinski definition) is 6. The minimum atomic E-state index is -0.521. The van der Waals surface area contributed by atoms with E-state index in [1.54, 1.807) is 25.3 Å². The predicted molar refractivity (Wildman–Crippen MR) is 128 cm³/mol. The van der Waals surface area contributed by atoms with Gasteiger partial charge in [0.25, 0.3) is 0 Å². The molecule has 0 aliphatic carbocycles. The highest BCUT2D eigenvalue weighted by Gasteiger charge is 2.15. The first-order chi connectivity index (χ1) is 15.9. The van der Waals surface area contributed by atoms with Gasteiger partial charge in [0.1, 0.15) is 11.6 Å². The summed E-state index contributed by atoms with van der Waals surface area (Å²) in [5.74, 6) is 0.333. The Morgan fingerprint density at radius 3 is 2.58 bits per heavy atom. The molecule has 0 atom stereocenters. The van der Waals surface area contributed by atoms with E-state index in [0.717, 1.165) is 11.3 Å². The van der Waals surface area contributed by atoms with Crippen LogP contribution in [0.1, 0.15) is 18.3 Å². The van der Waals surface area contributed by atoms with Crippen molar-refractivity contribution in [1.29, 1.82) is 0 Å². The number of benzene rings is 2. The van der Waals surface area contributed by atoms with E-state index in [-0.39, 0.29) is 36.2 Å². The SMILES string of the molecule is CCn1c(CNC(=O)Cc2ccc(OC)cc2)nnc1SCC(=O)Nc1ccc(Br)cc1F. The van der Waals surface area contributed by atoms with Gasteiger partial charge in [-0.15, -0.1) is 10.2 Å². The number of carbonyl (C=O) groups excluding carboxylic acids is 2. The Bertz CT molecular complexity index is 1120. The number of hydrogen-bond donors (Lipinski definition) is 2. The number of carbonyl (C=O) groups is 2. The van der Waals surface area contributed by atoms with Crippen molar-refractivity contribution in [2.45, 2.75) is 31.6 Å². The van der Waals surface area contributed by atoms with E-state index in [2.05, 4.69) is 36.8 Å². The van der Waals surface area contributed by atoms with Crippen LogP contribution in [0.5, 0.6) is 5.75 Å². The Balaban J connectivity index is 1.52. The third-order valence-corrected chi connectivity index (χ3v) is 6.07. The van der Waals surface area contributed by atoms with Crippen LogP contribution in [0.2, 0.25) is 0 Å². The number of amides is 2. The molecule has 0 unspecified atom stereocenters. The molecule has 2 N–H and O–H groups in total. The minimum Gasteiger partial charge on any atom is -0.497 e. The molecule has 0 radical (unpaired) electrons. The summed E-state index contributed by atoms with van der Waals surface area (Å²) in [6, 6.07) is 11.7. The van der Waals surface area contributed by atoms with E-state index in [1.165, 1.54) is 23.9 Å². The third-order valence-electron chi connectivity index (χ3n) is 4.61. The van der Waals surface area contributed by atoms with E-state index in [4.69, 9.17) is 4.74 Å². The number of halogens is 2. The molecule has 3 aromatic rings. The molecule has 0 aliphatic heterocycles. The number of aromatic nitrogens is 3. The Kier molecular flexibility index (Phi) is 8.84. The fraction of sp³-hybridized carbons (Fsp3) is 0.273. The second-order valence-corrected chi connectivity index (χ2v) is 8.76. The molecule has 33 heavy (non-hydrogen) atoms. The predicted octanol–water partition coefficient (Wildman–Crippen LogP) is 3.80. The number of anilines is 1. The molecule has 0 fully saturated rings. The molecule has 0 bridgehead atoms. The van der Waals surface area contributed by atoms with Crippen LogP contribution in [0.3, 0.4) is 0 Å². The molecule has 1 aromatic heterocycles. The van der Waals surface area contributed by atoms with Crippen molar-refractivity contribution in [2.75, 3.05) is 18.2 Å². The number of nitrogens with zero attached hydrogens (tertiary/aromatic N) is 3. The van der Waals surface area contributed by atoms with E-state index in [0.29, 0.717) is 22.0 Å². The average Bonchev–Trinajstić information content (AvgIpc) is 3.20. The van der Waals surface area contributed by atoms with Crippen molar-refractivity contribution >= 4 is 45.2 Å².